The molecule has 1 unspecified atom stereocenters. The highest BCUT2D eigenvalue weighted by Crippen LogP contribution is 2.32. The molecule has 6 nitrogen and oxygen atoms in total. The SMILES string of the molecule is CC1(c2cccc(-c3ccc4[nH]ccc4c3)c2)COCC(NOC=O)=N1. The van der Waals surface area contributed by atoms with E-state index in [-0.39, 0.29) is 6.61 Å². The van der Waals surface area contributed by atoms with Crippen LogP contribution in [-0.2, 0) is 19.9 Å². The minimum atomic E-state index is -0.555. The lowest BCUT2D eigenvalue weighted by Crippen LogP contribution is -2.40. The molecule has 0 fully saturated rings. The number of H-pyrrole nitrogens is 1. The van der Waals surface area contributed by atoms with Crippen molar-refractivity contribution in [1.82, 2.24) is 10.5 Å². The number of benzene rings is 2. The molecule has 26 heavy (non-hydrogen) atoms. The number of hydroxylamine groups is 1. The summed E-state index contributed by atoms with van der Waals surface area (Å²) >= 11 is 0. The summed E-state index contributed by atoms with van der Waals surface area (Å²) in [6, 6.07) is 16.7. The Hall–Kier alpha value is -3.12. The lowest BCUT2D eigenvalue weighted by atomic mass is 9.90. The van der Waals surface area contributed by atoms with Gasteiger partial charge in [0.25, 0.3) is 0 Å². The van der Waals surface area contributed by atoms with Crippen LogP contribution >= 0.6 is 0 Å². The molecule has 2 aromatic carbocycles. The van der Waals surface area contributed by atoms with Crippen LogP contribution < -0.4 is 5.48 Å². The molecule has 1 aromatic heterocycles. The summed E-state index contributed by atoms with van der Waals surface area (Å²) in [4.78, 5) is 22.9. The number of amidine groups is 1. The Kier molecular flexibility index (Phi) is 4.18. The van der Waals surface area contributed by atoms with Gasteiger partial charge in [0.05, 0.1) is 6.61 Å². The Balaban J connectivity index is 1.69. The molecule has 1 atom stereocenters. The molecular formula is C20H19N3O3. The summed E-state index contributed by atoms with van der Waals surface area (Å²) in [5.74, 6) is 0.491. The number of carbonyl (C=O) groups is 1. The van der Waals surface area contributed by atoms with Crippen molar-refractivity contribution in [1.29, 1.82) is 0 Å². The number of carbonyl (C=O) groups excluding carboxylic acids is 1. The molecule has 0 saturated carbocycles. The molecule has 6 heteroatoms. The molecule has 0 saturated heterocycles. The van der Waals surface area contributed by atoms with Crippen LogP contribution in [0.3, 0.4) is 0 Å². The normalized spacial score (nSPS) is 19.8. The summed E-state index contributed by atoms with van der Waals surface area (Å²) in [5.41, 5.74) is 6.37. The minimum Gasteiger partial charge on any atom is -0.371 e. The predicted molar refractivity (Wildman–Crippen MR) is 99.6 cm³/mol. The van der Waals surface area contributed by atoms with E-state index in [0.29, 0.717) is 18.9 Å². The first kappa shape index (κ1) is 16.4. The molecule has 2 heterocycles. The second kappa shape index (κ2) is 6.65. The quantitative estimate of drug-likeness (QED) is 0.560. The first-order valence-corrected chi connectivity index (χ1v) is 8.38. The molecule has 0 radical (unpaired) electrons. The monoisotopic (exact) mass is 349 g/mol. The summed E-state index contributed by atoms with van der Waals surface area (Å²) < 4.78 is 5.65. The molecule has 0 aliphatic carbocycles. The average Bonchev–Trinajstić information content (AvgIpc) is 3.14. The van der Waals surface area contributed by atoms with Gasteiger partial charge in [-0.2, -0.15) is 0 Å². The van der Waals surface area contributed by atoms with Crippen molar-refractivity contribution in [3.05, 3.63) is 60.3 Å². The number of rotatable bonds is 4. The number of aliphatic imine (C=N–C) groups is 1. The summed E-state index contributed by atoms with van der Waals surface area (Å²) in [6.07, 6.45) is 1.94. The molecule has 132 valence electrons. The average molecular weight is 349 g/mol. The zero-order chi connectivity index (χ0) is 18.0. The largest absolute Gasteiger partial charge is 0.371 e. The molecule has 4 rings (SSSR count). The van der Waals surface area contributed by atoms with E-state index in [1.54, 1.807) is 0 Å². The van der Waals surface area contributed by atoms with Gasteiger partial charge in [0.15, 0.2) is 5.84 Å². The lowest BCUT2D eigenvalue weighted by molar-refractivity contribution is -0.132. The number of hydrogen-bond acceptors (Lipinski definition) is 5. The Labute approximate surface area is 150 Å². The highest BCUT2D eigenvalue weighted by Gasteiger charge is 2.31. The van der Waals surface area contributed by atoms with Gasteiger partial charge in [-0.25, -0.2) is 5.48 Å². The van der Waals surface area contributed by atoms with E-state index in [4.69, 9.17) is 4.74 Å². The Morgan fingerprint density at radius 2 is 2.12 bits per heavy atom. The molecule has 1 aliphatic rings. The predicted octanol–water partition coefficient (Wildman–Crippen LogP) is 3.16. The van der Waals surface area contributed by atoms with Gasteiger partial charge in [0.1, 0.15) is 12.1 Å². The summed E-state index contributed by atoms with van der Waals surface area (Å²) in [6.45, 7) is 3.07. The van der Waals surface area contributed by atoms with Crippen molar-refractivity contribution < 1.29 is 14.4 Å². The number of nitrogens with one attached hydrogen (secondary N) is 2. The standard InChI is InChI=1S/C20H19N3O3/c1-20(12-25-11-19(22-20)23-26-13-24)17-4-2-3-14(10-17)15-5-6-18-16(9-15)7-8-21-18/h2-10,13,21H,11-12H2,1H3,(H,22,23). The highest BCUT2D eigenvalue weighted by atomic mass is 16.7. The maximum absolute atomic E-state index is 10.4. The first-order chi connectivity index (χ1) is 12.7. The fraction of sp³-hybridized carbons (Fsp3) is 0.200. The first-order valence-electron chi connectivity index (χ1n) is 8.38. The van der Waals surface area contributed by atoms with Gasteiger partial charge in [-0.15, -0.1) is 0 Å². The number of aromatic amines is 1. The van der Waals surface area contributed by atoms with Crippen LogP contribution in [-0.4, -0.2) is 30.5 Å². The van der Waals surface area contributed by atoms with E-state index in [1.807, 2.05) is 25.3 Å². The van der Waals surface area contributed by atoms with Crippen LogP contribution in [0.5, 0.6) is 0 Å². The van der Waals surface area contributed by atoms with E-state index in [0.717, 1.165) is 22.2 Å². The van der Waals surface area contributed by atoms with E-state index in [1.165, 1.54) is 5.39 Å². The maximum Gasteiger partial charge on any atom is 0.320 e. The molecule has 0 amide bonds. The van der Waals surface area contributed by atoms with Crippen LogP contribution in [0.4, 0.5) is 0 Å². The fourth-order valence-electron chi connectivity index (χ4n) is 3.27. The maximum atomic E-state index is 10.4. The van der Waals surface area contributed by atoms with Gasteiger partial charge in [-0.3, -0.25) is 9.79 Å². The lowest BCUT2D eigenvalue weighted by Gasteiger charge is -2.31. The zero-order valence-electron chi connectivity index (χ0n) is 14.4. The van der Waals surface area contributed by atoms with Crippen molar-refractivity contribution in [2.75, 3.05) is 13.2 Å². The van der Waals surface area contributed by atoms with Crippen molar-refractivity contribution in [2.24, 2.45) is 4.99 Å². The molecule has 3 aromatic rings. The highest BCUT2D eigenvalue weighted by molar-refractivity contribution is 5.85. The molecule has 0 bridgehead atoms. The smallest absolute Gasteiger partial charge is 0.320 e. The Bertz CT molecular complexity index is 979. The van der Waals surface area contributed by atoms with Crippen molar-refractivity contribution in [2.45, 2.75) is 12.5 Å². The third kappa shape index (κ3) is 3.07. The summed E-state index contributed by atoms with van der Waals surface area (Å²) in [5, 5.41) is 1.18. The van der Waals surface area contributed by atoms with Gasteiger partial charge in [0.2, 0.25) is 0 Å². The number of hydrogen-bond donors (Lipinski definition) is 2. The van der Waals surface area contributed by atoms with Gasteiger partial charge in [-0.1, -0.05) is 24.3 Å². The Morgan fingerprint density at radius 3 is 3.00 bits per heavy atom. The molecular weight excluding hydrogens is 330 g/mol. The zero-order valence-corrected chi connectivity index (χ0v) is 14.4. The number of fused-ring (bicyclic) bond motifs is 1. The number of ether oxygens (including phenoxy) is 1. The van der Waals surface area contributed by atoms with Crippen molar-refractivity contribution in [3.63, 3.8) is 0 Å². The van der Waals surface area contributed by atoms with E-state index < -0.39 is 5.54 Å². The van der Waals surface area contributed by atoms with Crippen molar-refractivity contribution in [3.8, 4) is 11.1 Å². The third-order valence-electron chi connectivity index (χ3n) is 4.60. The third-order valence-corrected chi connectivity index (χ3v) is 4.60. The minimum absolute atomic E-state index is 0.285. The van der Waals surface area contributed by atoms with Gasteiger partial charge in [0, 0.05) is 11.7 Å². The number of aromatic nitrogens is 1. The Morgan fingerprint density at radius 1 is 1.23 bits per heavy atom. The fourth-order valence-corrected chi connectivity index (χ4v) is 3.27. The van der Waals surface area contributed by atoms with Crippen LogP contribution in [0.1, 0.15) is 12.5 Å². The van der Waals surface area contributed by atoms with Crippen molar-refractivity contribution >= 4 is 23.2 Å². The second-order valence-corrected chi connectivity index (χ2v) is 6.50. The topological polar surface area (TPSA) is 75.7 Å². The number of nitrogens with zero attached hydrogens (tertiary/aromatic N) is 1. The van der Waals surface area contributed by atoms with E-state index in [9.17, 15) is 4.79 Å². The van der Waals surface area contributed by atoms with E-state index >= 15 is 0 Å². The van der Waals surface area contributed by atoms with Crippen LogP contribution in [0, 0.1) is 0 Å². The van der Waals surface area contributed by atoms with Gasteiger partial charge >= 0.3 is 6.47 Å². The van der Waals surface area contributed by atoms with Crippen LogP contribution in [0.2, 0.25) is 0 Å². The van der Waals surface area contributed by atoms with E-state index in [2.05, 4.69) is 56.7 Å². The summed E-state index contributed by atoms with van der Waals surface area (Å²) in [7, 11) is 0. The molecule has 1 aliphatic heterocycles. The van der Waals surface area contributed by atoms with Gasteiger partial charge < -0.3 is 14.6 Å². The molecule has 0 spiro atoms. The second-order valence-electron chi connectivity index (χ2n) is 6.50. The van der Waals surface area contributed by atoms with Crippen LogP contribution in [0.15, 0.2) is 59.7 Å². The van der Waals surface area contributed by atoms with Crippen LogP contribution in [0.25, 0.3) is 22.0 Å². The van der Waals surface area contributed by atoms with Gasteiger partial charge in [-0.05, 0) is 53.3 Å². The molecule has 2 N–H and O–H groups in total.